The van der Waals surface area contributed by atoms with Crippen molar-refractivity contribution >= 4 is 0 Å². The van der Waals surface area contributed by atoms with E-state index in [2.05, 4.69) is 5.10 Å². The molecule has 100 valence electrons. The van der Waals surface area contributed by atoms with Crippen molar-refractivity contribution in [1.82, 2.24) is 9.78 Å². The van der Waals surface area contributed by atoms with E-state index in [0.717, 1.165) is 5.69 Å². The molecule has 3 nitrogen and oxygen atoms in total. The first-order valence-corrected chi connectivity index (χ1v) is 6.28. The number of halogens is 1. The van der Waals surface area contributed by atoms with Crippen LogP contribution in [-0.4, -0.2) is 14.9 Å². The molecule has 3 aromatic rings. The molecule has 20 heavy (non-hydrogen) atoms. The molecule has 0 aliphatic carbocycles. The zero-order valence-corrected chi connectivity index (χ0v) is 10.6. The van der Waals surface area contributed by atoms with Gasteiger partial charge >= 0.3 is 0 Å². The Balaban J connectivity index is 1.90. The monoisotopic (exact) mass is 268 g/mol. The van der Waals surface area contributed by atoms with Gasteiger partial charge < -0.3 is 5.11 Å². The zero-order valence-electron chi connectivity index (χ0n) is 10.6. The van der Waals surface area contributed by atoms with Gasteiger partial charge in [0.2, 0.25) is 0 Å². The van der Waals surface area contributed by atoms with Crippen LogP contribution in [0.4, 0.5) is 4.39 Å². The maximum atomic E-state index is 13.2. The van der Waals surface area contributed by atoms with E-state index < -0.39 is 6.10 Å². The number of aliphatic hydroxyl groups is 1. The van der Waals surface area contributed by atoms with Crippen molar-refractivity contribution in [2.75, 3.05) is 0 Å². The van der Waals surface area contributed by atoms with Crippen LogP contribution >= 0.6 is 0 Å². The smallest absolute Gasteiger partial charge is 0.123 e. The first kappa shape index (κ1) is 12.6. The van der Waals surface area contributed by atoms with Crippen LogP contribution in [0.5, 0.6) is 0 Å². The van der Waals surface area contributed by atoms with Crippen molar-refractivity contribution in [2.24, 2.45) is 0 Å². The molecule has 0 radical (unpaired) electrons. The Kier molecular flexibility index (Phi) is 3.31. The molecule has 0 saturated heterocycles. The molecule has 0 aliphatic rings. The van der Waals surface area contributed by atoms with Gasteiger partial charge in [0.15, 0.2) is 0 Å². The van der Waals surface area contributed by atoms with Crippen LogP contribution in [0.25, 0.3) is 5.69 Å². The van der Waals surface area contributed by atoms with Crippen molar-refractivity contribution in [3.63, 3.8) is 0 Å². The van der Waals surface area contributed by atoms with Gasteiger partial charge in [0, 0.05) is 6.20 Å². The number of para-hydroxylation sites is 1. The topological polar surface area (TPSA) is 38.0 Å². The highest BCUT2D eigenvalue weighted by atomic mass is 19.1. The lowest BCUT2D eigenvalue weighted by Gasteiger charge is -2.08. The predicted octanol–water partition coefficient (Wildman–Crippen LogP) is 3.09. The lowest BCUT2D eigenvalue weighted by atomic mass is 10.1. The van der Waals surface area contributed by atoms with Crippen molar-refractivity contribution in [1.29, 1.82) is 0 Å². The Morgan fingerprint density at radius 1 is 1.00 bits per heavy atom. The second-order valence-electron chi connectivity index (χ2n) is 4.48. The van der Waals surface area contributed by atoms with Crippen LogP contribution in [0, 0.1) is 5.82 Å². The summed E-state index contributed by atoms with van der Waals surface area (Å²) in [6.45, 7) is 0. The summed E-state index contributed by atoms with van der Waals surface area (Å²) in [5, 5.41) is 14.6. The summed E-state index contributed by atoms with van der Waals surface area (Å²) in [7, 11) is 0. The standard InChI is InChI=1S/C16H13FN2O/c17-13-6-4-5-12(11-13)16(20)15-9-10-19(18-15)14-7-2-1-3-8-14/h1-11,16,20H. The van der Waals surface area contributed by atoms with E-state index in [0.29, 0.717) is 11.3 Å². The number of benzene rings is 2. The Labute approximate surface area is 115 Å². The Bertz CT molecular complexity index is 709. The van der Waals surface area contributed by atoms with Crippen LogP contribution in [0.2, 0.25) is 0 Å². The summed E-state index contributed by atoms with van der Waals surface area (Å²) in [6.07, 6.45) is 0.836. The summed E-state index contributed by atoms with van der Waals surface area (Å²) < 4.78 is 14.9. The summed E-state index contributed by atoms with van der Waals surface area (Å²) in [5.74, 6) is -0.371. The largest absolute Gasteiger partial charge is 0.382 e. The van der Waals surface area contributed by atoms with E-state index in [4.69, 9.17) is 0 Å². The number of hydrogen-bond acceptors (Lipinski definition) is 2. The Morgan fingerprint density at radius 2 is 1.80 bits per heavy atom. The van der Waals surface area contributed by atoms with Gasteiger partial charge in [-0.3, -0.25) is 0 Å². The number of hydrogen-bond donors (Lipinski definition) is 1. The van der Waals surface area contributed by atoms with Crippen molar-refractivity contribution in [3.05, 3.63) is 83.9 Å². The van der Waals surface area contributed by atoms with E-state index in [1.54, 1.807) is 29.1 Å². The molecule has 4 heteroatoms. The molecule has 0 amide bonds. The average Bonchev–Trinajstić information content (AvgIpc) is 2.97. The van der Waals surface area contributed by atoms with Crippen molar-refractivity contribution in [3.8, 4) is 5.69 Å². The van der Waals surface area contributed by atoms with Gasteiger partial charge in [-0.15, -0.1) is 0 Å². The van der Waals surface area contributed by atoms with Gasteiger partial charge in [0.25, 0.3) is 0 Å². The molecule has 1 atom stereocenters. The lowest BCUT2D eigenvalue weighted by molar-refractivity contribution is 0.214. The molecule has 1 aromatic heterocycles. The maximum Gasteiger partial charge on any atom is 0.123 e. The SMILES string of the molecule is OC(c1cccc(F)c1)c1ccn(-c2ccccc2)n1. The fraction of sp³-hybridized carbons (Fsp3) is 0.0625. The molecule has 0 aliphatic heterocycles. The molecule has 0 spiro atoms. The van der Waals surface area contributed by atoms with Crippen LogP contribution in [-0.2, 0) is 0 Å². The van der Waals surface area contributed by atoms with Crippen molar-refractivity contribution < 1.29 is 9.50 Å². The molecular formula is C16H13FN2O. The number of rotatable bonds is 3. The summed E-state index contributed by atoms with van der Waals surface area (Å²) in [5.41, 5.74) is 1.88. The van der Waals surface area contributed by atoms with Crippen molar-refractivity contribution in [2.45, 2.75) is 6.10 Å². The van der Waals surface area contributed by atoms with Gasteiger partial charge in [-0.05, 0) is 35.9 Å². The fourth-order valence-corrected chi connectivity index (χ4v) is 2.06. The van der Waals surface area contributed by atoms with E-state index in [-0.39, 0.29) is 5.82 Å². The minimum atomic E-state index is -0.935. The second-order valence-corrected chi connectivity index (χ2v) is 4.48. The number of aromatic nitrogens is 2. The number of aliphatic hydroxyl groups excluding tert-OH is 1. The fourth-order valence-electron chi connectivity index (χ4n) is 2.06. The first-order valence-electron chi connectivity index (χ1n) is 6.28. The molecule has 0 saturated carbocycles. The minimum absolute atomic E-state index is 0.371. The molecule has 1 unspecified atom stereocenters. The molecule has 1 heterocycles. The van der Waals surface area contributed by atoms with E-state index >= 15 is 0 Å². The molecular weight excluding hydrogens is 255 g/mol. The van der Waals surface area contributed by atoms with Crippen LogP contribution in [0.15, 0.2) is 66.9 Å². The summed E-state index contributed by atoms with van der Waals surface area (Å²) in [4.78, 5) is 0. The summed E-state index contributed by atoms with van der Waals surface area (Å²) in [6, 6.07) is 17.2. The Morgan fingerprint density at radius 3 is 2.55 bits per heavy atom. The second kappa shape index (κ2) is 5.27. The van der Waals surface area contributed by atoms with Crippen LogP contribution in [0.1, 0.15) is 17.4 Å². The molecule has 1 N–H and O–H groups in total. The quantitative estimate of drug-likeness (QED) is 0.792. The lowest BCUT2D eigenvalue weighted by Crippen LogP contribution is -2.03. The molecule has 0 bridgehead atoms. The average molecular weight is 268 g/mol. The normalized spacial score (nSPS) is 12.3. The molecule has 3 rings (SSSR count). The predicted molar refractivity (Wildman–Crippen MR) is 74.0 cm³/mol. The first-order chi connectivity index (χ1) is 9.74. The maximum absolute atomic E-state index is 13.2. The van der Waals surface area contributed by atoms with Gasteiger partial charge in [-0.25, -0.2) is 9.07 Å². The van der Waals surface area contributed by atoms with Gasteiger partial charge in [-0.1, -0.05) is 30.3 Å². The summed E-state index contributed by atoms with van der Waals surface area (Å²) >= 11 is 0. The van der Waals surface area contributed by atoms with Crippen LogP contribution < -0.4 is 0 Å². The highest BCUT2D eigenvalue weighted by Crippen LogP contribution is 2.21. The third-order valence-electron chi connectivity index (χ3n) is 3.08. The zero-order chi connectivity index (χ0) is 13.9. The molecule has 2 aromatic carbocycles. The van der Waals surface area contributed by atoms with Gasteiger partial charge in [0.05, 0.1) is 11.4 Å². The van der Waals surface area contributed by atoms with Crippen LogP contribution in [0.3, 0.4) is 0 Å². The third-order valence-corrected chi connectivity index (χ3v) is 3.08. The Hall–Kier alpha value is -2.46. The number of nitrogens with zero attached hydrogens (tertiary/aromatic N) is 2. The highest BCUT2D eigenvalue weighted by molar-refractivity contribution is 5.32. The van der Waals surface area contributed by atoms with Gasteiger partial charge in [-0.2, -0.15) is 5.10 Å². The molecule has 0 fully saturated rings. The van der Waals surface area contributed by atoms with E-state index in [1.165, 1.54) is 12.1 Å². The minimum Gasteiger partial charge on any atom is -0.382 e. The highest BCUT2D eigenvalue weighted by Gasteiger charge is 2.14. The van der Waals surface area contributed by atoms with E-state index in [1.807, 2.05) is 30.3 Å². The van der Waals surface area contributed by atoms with Gasteiger partial charge in [0.1, 0.15) is 11.9 Å². The third kappa shape index (κ3) is 2.46. The van der Waals surface area contributed by atoms with E-state index in [9.17, 15) is 9.50 Å².